The zero-order chi connectivity index (χ0) is 9.68. The van der Waals surface area contributed by atoms with Crippen LogP contribution >= 0.6 is 12.4 Å². The predicted molar refractivity (Wildman–Crippen MR) is 58.0 cm³/mol. The van der Waals surface area contributed by atoms with Crippen LogP contribution in [0.1, 0.15) is 11.5 Å². The lowest BCUT2D eigenvalue weighted by molar-refractivity contribution is -0.138. The second kappa shape index (κ2) is 6.40. The van der Waals surface area contributed by atoms with Gasteiger partial charge in [0.25, 0.3) is 0 Å². The van der Waals surface area contributed by atoms with Gasteiger partial charge >= 0.3 is 5.97 Å². The maximum Gasteiger partial charge on any atom is 0.312 e. The third kappa shape index (κ3) is 3.36. The Kier molecular flexibility index (Phi) is 5.92. The molecule has 0 amide bonds. The third-order valence-corrected chi connectivity index (χ3v) is 1.91. The summed E-state index contributed by atoms with van der Waals surface area (Å²) in [4.78, 5) is 10.8. The van der Waals surface area contributed by atoms with Crippen molar-refractivity contribution in [2.45, 2.75) is 5.92 Å². The fourth-order valence-electron chi connectivity index (χ4n) is 1.24. The molecule has 0 heterocycles. The molecule has 0 aliphatic rings. The first-order chi connectivity index (χ1) is 6.25. The van der Waals surface area contributed by atoms with Crippen molar-refractivity contribution in [2.24, 2.45) is 0 Å². The summed E-state index contributed by atoms with van der Waals surface area (Å²) in [7, 11) is 1.75. The van der Waals surface area contributed by atoms with Crippen molar-refractivity contribution in [3.8, 4) is 0 Å². The number of nitrogens with one attached hydrogen (secondary N) is 1. The number of carboxylic acids is 1. The van der Waals surface area contributed by atoms with Gasteiger partial charge in [-0.2, -0.15) is 0 Å². The number of hydrogen-bond donors (Lipinski definition) is 2. The van der Waals surface area contributed by atoms with Gasteiger partial charge in [-0.15, -0.1) is 12.4 Å². The molecule has 1 aromatic rings. The number of likely N-dealkylation sites (N-methyl/N-ethyl adjacent to an activating group) is 1. The first kappa shape index (κ1) is 12.9. The van der Waals surface area contributed by atoms with Crippen LogP contribution in [0.5, 0.6) is 0 Å². The van der Waals surface area contributed by atoms with Crippen LogP contribution in [0.2, 0.25) is 0 Å². The third-order valence-electron chi connectivity index (χ3n) is 1.91. The first-order valence-electron chi connectivity index (χ1n) is 4.18. The highest BCUT2D eigenvalue weighted by atomic mass is 35.5. The Bertz CT molecular complexity index is 277. The number of halogens is 1. The summed E-state index contributed by atoms with van der Waals surface area (Å²) in [6.07, 6.45) is 0. The van der Waals surface area contributed by atoms with E-state index in [9.17, 15) is 4.79 Å². The highest BCUT2D eigenvalue weighted by Crippen LogP contribution is 2.14. The second-order valence-electron chi connectivity index (χ2n) is 2.86. The van der Waals surface area contributed by atoms with Gasteiger partial charge in [-0.05, 0) is 12.6 Å². The summed E-state index contributed by atoms with van der Waals surface area (Å²) in [6, 6.07) is 9.23. The summed E-state index contributed by atoms with van der Waals surface area (Å²) in [6.45, 7) is 0.458. The Morgan fingerprint density at radius 2 is 2.00 bits per heavy atom. The zero-order valence-electron chi connectivity index (χ0n) is 7.93. The van der Waals surface area contributed by atoms with Crippen molar-refractivity contribution >= 4 is 18.4 Å². The van der Waals surface area contributed by atoms with E-state index in [1.54, 1.807) is 7.05 Å². The van der Waals surface area contributed by atoms with Crippen LogP contribution in [0, 0.1) is 0 Å². The van der Waals surface area contributed by atoms with Gasteiger partial charge in [0.15, 0.2) is 0 Å². The summed E-state index contributed by atoms with van der Waals surface area (Å²) < 4.78 is 0. The molecule has 0 aliphatic heterocycles. The molecule has 0 saturated heterocycles. The van der Waals surface area contributed by atoms with Crippen LogP contribution in [-0.2, 0) is 4.79 Å². The van der Waals surface area contributed by atoms with Gasteiger partial charge in [0.2, 0.25) is 0 Å². The highest BCUT2D eigenvalue weighted by Gasteiger charge is 2.17. The van der Waals surface area contributed by atoms with Crippen molar-refractivity contribution in [3.63, 3.8) is 0 Å². The van der Waals surface area contributed by atoms with Crippen LogP contribution in [-0.4, -0.2) is 24.7 Å². The first-order valence-corrected chi connectivity index (χ1v) is 4.18. The molecule has 1 atom stereocenters. The Balaban J connectivity index is 0.00000169. The fraction of sp³-hybridized carbons (Fsp3) is 0.300. The maximum absolute atomic E-state index is 10.8. The summed E-state index contributed by atoms with van der Waals surface area (Å²) >= 11 is 0. The molecule has 1 rings (SSSR count). The van der Waals surface area contributed by atoms with Crippen LogP contribution in [0.4, 0.5) is 0 Å². The average Bonchev–Trinajstić information content (AvgIpc) is 2.15. The number of rotatable bonds is 4. The Morgan fingerprint density at radius 3 is 2.43 bits per heavy atom. The zero-order valence-corrected chi connectivity index (χ0v) is 8.75. The van der Waals surface area contributed by atoms with Gasteiger partial charge in [0, 0.05) is 6.54 Å². The quantitative estimate of drug-likeness (QED) is 0.800. The van der Waals surface area contributed by atoms with Gasteiger partial charge in [0.1, 0.15) is 0 Å². The van der Waals surface area contributed by atoms with Crippen LogP contribution in [0.25, 0.3) is 0 Å². The maximum atomic E-state index is 10.8. The largest absolute Gasteiger partial charge is 0.481 e. The van der Waals surface area contributed by atoms with E-state index in [1.807, 2.05) is 30.3 Å². The monoisotopic (exact) mass is 215 g/mol. The Labute approximate surface area is 89.5 Å². The molecule has 0 spiro atoms. The lowest BCUT2D eigenvalue weighted by atomic mass is 9.99. The Hall–Kier alpha value is -1.06. The topological polar surface area (TPSA) is 49.3 Å². The van der Waals surface area contributed by atoms with Crippen molar-refractivity contribution in [1.29, 1.82) is 0 Å². The average molecular weight is 216 g/mol. The van der Waals surface area contributed by atoms with Crippen LogP contribution in [0.15, 0.2) is 30.3 Å². The van der Waals surface area contributed by atoms with Gasteiger partial charge in [-0.3, -0.25) is 4.79 Å². The van der Waals surface area contributed by atoms with Gasteiger partial charge < -0.3 is 10.4 Å². The number of carbonyl (C=O) groups is 1. The van der Waals surface area contributed by atoms with Crippen molar-refractivity contribution in [3.05, 3.63) is 35.9 Å². The summed E-state index contributed by atoms with van der Waals surface area (Å²) in [5.74, 6) is -1.24. The van der Waals surface area contributed by atoms with E-state index in [2.05, 4.69) is 5.32 Å². The number of carboxylic acid groups (broad SMARTS) is 1. The van der Waals surface area contributed by atoms with Crippen molar-refractivity contribution < 1.29 is 9.90 Å². The molecule has 0 radical (unpaired) electrons. The molecule has 78 valence electrons. The summed E-state index contributed by atoms with van der Waals surface area (Å²) in [5.41, 5.74) is 0.837. The molecule has 4 heteroatoms. The minimum atomic E-state index is -0.791. The lowest BCUT2D eigenvalue weighted by Gasteiger charge is -2.11. The van der Waals surface area contributed by atoms with Gasteiger partial charge in [-0.25, -0.2) is 0 Å². The number of hydrogen-bond acceptors (Lipinski definition) is 2. The molecule has 0 fully saturated rings. The standard InChI is InChI=1S/C10H13NO2.ClH/c1-11-7-9(10(12)13)8-5-3-2-4-6-8;/h2-6,9,11H,7H2,1H3,(H,12,13);1H/t9-;/m0./s1. The van der Waals surface area contributed by atoms with E-state index < -0.39 is 11.9 Å². The number of aliphatic carboxylic acids is 1. The fourth-order valence-corrected chi connectivity index (χ4v) is 1.24. The molecule has 1 aromatic carbocycles. The van der Waals surface area contributed by atoms with Crippen LogP contribution < -0.4 is 5.32 Å². The normalized spacial score (nSPS) is 11.5. The highest BCUT2D eigenvalue weighted by molar-refractivity contribution is 5.85. The van der Waals surface area contributed by atoms with Gasteiger partial charge in [0.05, 0.1) is 5.92 Å². The van der Waals surface area contributed by atoms with E-state index in [0.29, 0.717) is 6.54 Å². The van der Waals surface area contributed by atoms with E-state index >= 15 is 0 Å². The minimum Gasteiger partial charge on any atom is -0.481 e. The molecule has 2 N–H and O–H groups in total. The smallest absolute Gasteiger partial charge is 0.312 e. The molecule has 0 unspecified atom stereocenters. The van der Waals surface area contributed by atoms with E-state index in [-0.39, 0.29) is 12.4 Å². The lowest BCUT2D eigenvalue weighted by Crippen LogP contribution is -2.23. The van der Waals surface area contributed by atoms with E-state index in [1.165, 1.54) is 0 Å². The number of benzene rings is 1. The second-order valence-corrected chi connectivity index (χ2v) is 2.86. The molecule has 3 nitrogen and oxygen atoms in total. The van der Waals surface area contributed by atoms with E-state index in [0.717, 1.165) is 5.56 Å². The predicted octanol–water partition coefficient (Wildman–Crippen LogP) is 1.50. The van der Waals surface area contributed by atoms with Crippen molar-refractivity contribution in [1.82, 2.24) is 5.32 Å². The molecule has 0 bridgehead atoms. The molecular weight excluding hydrogens is 202 g/mol. The molecule has 0 aliphatic carbocycles. The Morgan fingerprint density at radius 1 is 1.43 bits per heavy atom. The molecule has 14 heavy (non-hydrogen) atoms. The van der Waals surface area contributed by atoms with Gasteiger partial charge in [-0.1, -0.05) is 30.3 Å². The van der Waals surface area contributed by atoms with Crippen LogP contribution in [0.3, 0.4) is 0 Å². The van der Waals surface area contributed by atoms with E-state index in [4.69, 9.17) is 5.11 Å². The van der Waals surface area contributed by atoms with Crippen molar-refractivity contribution in [2.75, 3.05) is 13.6 Å². The molecular formula is C10H14ClNO2. The summed E-state index contributed by atoms with van der Waals surface area (Å²) in [5, 5.41) is 11.8. The SMILES string of the molecule is CNC[C@H](C(=O)O)c1ccccc1.Cl. The molecule has 0 saturated carbocycles. The molecule has 0 aromatic heterocycles. The minimum absolute atomic E-state index is 0.